The first-order valence-corrected chi connectivity index (χ1v) is 21.3. The van der Waals surface area contributed by atoms with Crippen molar-refractivity contribution in [1.82, 2.24) is 20.4 Å². The fourth-order valence-corrected chi connectivity index (χ4v) is 8.28. The van der Waals surface area contributed by atoms with Crippen LogP contribution in [-0.2, 0) is 28.7 Å². The number of nitrogens with one attached hydrogen (secondary N) is 2. The highest BCUT2D eigenvalue weighted by atomic mass is 16.5. The van der Waals surface area contributed by atoms with Gasteiger partial charge in [-0.1, -0.05) is 69.2 Å². The average Bonchev–Trinajstić information content (AvgIpc) is 4.09. The zero-order chi connectivity index (χ0) is 43.6. The van der Waals surface area contributed by atoms with Crippen LogP contribution >= 0.6 is 0 Å². The second-order valence-electron chi connectivity index (χ2n) is 15.7. The molecule has 4 amide bonds. The third-order valence-electron chi connectivity index (χ3n) is 11.3. The Morgan fingerprint density at radius 1 is 0.581 bits per heavy atom. The highest BCUT2D eigenvalue weighted by molar-refractivity contribution is 6.00. The van der Waals surface area contributed by atoms with Crippen molar-refractivity contribution in [3.8, 4) is 23.0 Å². The predicted molar refractivity (Wildman–Crippen MR) is 228 cm³/mol. The van der Waals surface area contributed by atoms with E-state index in [4.69, 9.17) is 18.9 Å². The molecule has 62 heavy (non-hydrogen) atoms. The molecule has 0 spiro atoms. The molecule has 6 atom stereocenters. The van der Waals surface area contributed by atoms with Gasteiger partial charge in [-0.05, 0) is 92.4 Å². The number of ketones is 2. The molecule has 4 aromatic carbocycles. The maximum Gasteiger partial charge on any atom is 0.252 e. The van der Waals surface area contributed by atoms with E-state index in [1.165, 1.54) is 0 Å². The summed E-state index contributed by atoms with van der Waals surface area (Å²) in [5.74, 6) is 1.28. The summed E-state index contributed by atoms with van der Waals surface area (Å²) in [4.78, 5) is 79.5. The summed E-state index contributed by atoms with van der Waals surface area (Å²) < 4.78 is 22.5. The fraction of sp³-hybridized carbons (Fsp3) is 0.375. The van der Waals surface area contributed by atoms with Crippen LogP contribution in [0, 0.1) is 0 Å². The van der Waals surface area contributed by atoms with E-state index in [1.807, 2.05) is 74.5 Å². The predicted octanol–water partition coefficient (Wildman–Crippen LogP) is 5.89. The summed E-state index contributed by atoms with van der Waals surface area (Å²) in [6.45, 7) is 4.97. The number of hydrogen-bond acceptors (Lipinski definition) is 10. The topological polar surface area (TPSA) is 170 Å². The minimum Gasteiger partial charge on any atom is -0.457 e. The Kier molecular flexibility index (Phi) is 14.4. The Morgan fingerprint density at radius 3 is 1.50 bits per heavy atom. The number of carbonyl (C=O) groups excluding carboxylic acids is 6. The zero-order valence-corrected chi connectivity index (χ0v) is 34.9. The quantitative estimate of drug-likeness (QED) is 0.156. The number of rotatable bonds is 14. The van der Waals surface area contributed by atoms with Crippen molar-refractivity contribution >= 4 is 35.2 Å². The number of likely N-dealkylation sites (tertiary alicyclic amines) is 2. The molecule has 4 saturated heterocycles. The van der Waals surface area contributed by atoms with Gasteiger partial charge in [-0.3, -0.25) is 28.8 Å². The minimum atomic E-state index is -0.691. The van der Waals surface area contributed by atoms with Crippen molar-refractivity contribution in [2.45, 2.75) is 88.7 Å². The molecule has 0 bridgehead atoms. The number of Topliss-reactive ketones (excluding diaryl/α,β-unsaturated/α-hetero) is 2. The molecule has 0 saturated carbocycles. The molecule has 14 nitrogen and oxygen atoms in total. The Hall–Kier alpha value is -6.38. The van der Waals surface area contributed by atoms with Crippen LogP contribution < -0.4 is 20.1 Å². The van der Waals surface area contributed by atoms with Gasteiger partial charge in [0.2, 0.25) is 11.8 Å². The number of nitrogens with zero attached hydrogens (tertiary/aromatic N) is 2. The van der Waals surface area contributed by atoms with E-state index in [9.17, 15) is 28.8 Å². The molecule has 4 aliphatic heterocycles. The Morgan fingerprint density at radius 2 is 1.02 bits per heavy atom. The number of para-hydroxylation sites is 2. The highest BCUT2D eigenvalue weighted by Gasteiger charge is 2.49. The molecule has 6 unspecified atom stereocenters. The Bertz CT molecular complexity index is 2220. The van der Waals surface area contributed by atoms with Gasteiger partial charge in [0.05, 0.1) is 12.2 Å². The van der Waals surface area contributed by atoms with E-state index in [0.717, 1.165) is 12.8 Å². The normalized spacial score (nSPS) is 20.9. The SMILES string of the molecule is CCCC(NC(=O)c1ccc(Oc2ccccc2)cc1)C(=O)N1CCC2OCC(=O)C21.CCCC(NC(=O)c1cccc(Oc2ccccc2)c1)C(=O)N1CCC2OCC(=O)C21. The van der Waals surface area contributed by atoms with Crippen LogP contribution in [0.1, 0.15) is 73.1 Å². The molecule has 2 N–H and O–H groups in total. The molecule has 4 aliphatic rings. The zero-order valence-electron chi connectivity index (χ0n) is 34.9. The second-order valence-corrected chi connectivity index (χ2v) is 15.7. The lowest BCUT2D eigenvalue weighted by Crippen LogP contribution is -2.52. The number of carbonyl (C=O) groups is 6. The molecule has 4 fully saturated rings. The number of fused-ring (bicyclic) bond motifs is 2. The van der Waals surface area contributed by atoms with Gasteiger partial charge in [-0.25, -0.2) is 0 Å². The van der Waals surface area contributed by atoms with Crippen LogP contribution in [0.25, 0.3) is 0 Å². The van der Waals surface area contributed by atoms with Gasteiger partial charge in [0, 0.05) is 24.2 Å². The first-order valence-electron chi connectivity index (χ1n) is 21.3. The minimum absolute atomic E-state index is 0.0537. The van der Waals surface area contributed by atoms with E-state index in [1.54, 1.807) is 58.3 Å². The van der Waals surface area contributed by atoms with Crippen molar-refractivity contribution in [3.05, 3.63) is 120 Å². The summed E-state index contributed by atoms with van der Waals surface area (Å²) in [5.41, 5.74) is 0.843. The standard InChI is InChI=1S/2C24H26N2O5/c1-2-7-19(24(29)26-13-12-21-22(26)20(27)15-30-21)25-23(28)16-8-6-11-18(14-16)31-17-9-4-3-5-10-17;1-2-6-19(24(29)26-14-13-21-22(26)20(27)15-30-21)25-23(28)16-9-11-18(12-10-16)31-17-7-4-3-5-8-17/h3-6,8-11,14,19,21-22H,2,7,12-13,15H2,1H3,(H,25,28);3-5,7-12,19,21-22H,2,6,13-15H2,1H3,(H,25,28). The van der Waals surface area contributed by atoms with Crippen molar-refractivity contribution < 1.29 is 47.7 Å². The number of amides is 4. The monoisotopic (exact) mass is 844 g/mol. The van der Waals surface area contributed by atoms with Crippen LogP contribution in [0.15, 0.2) is 109 Å². The smallest absolute Gasteiger partial charge is 0.252 e. The molecular formula is C48H52N4O10. The van der Waals surface area contributed by atoms with Crippen LogP contribution in [0.5, 0.6) is 23.0 Å². The lowest BCUT2D eigenvalue weighted by atomic mass is 10.1. The summed E-state index contributed by atoms with van der Waals surface area (Å²) in [6.07, 6.45) is 3.31. The summed E-state index contributed by atoms with van der Waals surface area (Å²) in [6, 6.07) is 29.9. The Labute approximate surface area is 360 Å². The molecule has 0 aliphatic carbocycles. The van der Waals surface area contributed by atoms with Gasteiger partial charge in [0.25, 0.3) is 11.8 Å². The lowest BCUT2D eigenvalue weighted by Gasteiger charge is -2.27. The van der Waals surface area contributed by atoms with Gasteiger partial charge < -0.3 is 39.4 Å². The molecule has 4 heterocycles. The van der Waals surface area contributed by atoms with Crippen molar-refractivity contribution in [2.75, 3.05) is 26.3 Å². The number of hydrogen-bond donors (Lipinski definition) is 2. The van der Waals surface area contributed by atoms with E-state index < -0.39 is 24.2 Å². The van der Waals surface area contributed by atoms with E-state index in [-0.39, 0.29) is 60.6 Å². The first-order chi connectivity index (χ1) is 30.1. The van der Waals surface area contributed by atoms with Gasteiger partial charge in [-0.2, -0.15) is 0 Å². The van der Waals surface area contributed by atoms with Crippen molar-refractivity contribution in [2.24, 2.45) is 0 Å². The largest absolute Gasteiger partial charge is 0.457 e. The first kappa shape index (κ1) is 43.7. The maximum absolute atomic E-state index is 13.2. The molecule has 0 radical (unpaired) electrons. The van der Waals surface area contributed by atoms with Crippen LogP contribution in [-0.4, -0.2) is 108 Å². The van der Waals surface area contributed by atoms with Crippen molar-refractivity contribution in [1.29, 1.82) is 0 Å². The summed E-state index contributed by atoms with van der Waals surface area (Å²) in [5, 5.41) is 5.71. The van der Waals surface area contributed by atoms with E-state index in [0.29, 0.717) is 72.9 Å². The molecule has 0 aromatic heterocycles. The second kappa shape index (κ2) is 20.5. The fourth-order valence-electron chi connectivity index (χ4n) is 8.28. The Balaban J connectivity index is 0.000000186. The number of benzene rings is 4. The van der Waals surface area contributed by atoms with Gasteiger partial charge in [0.1, 0.15) is 60.4 Å². The number of ether oxygens (including phenoxy) is 4. The lowest BCUT2D eigenvalue weighted by molar-refractivity contribution is -0.138. The molecule has 14 heteroatoms. The highest BCUT2D eigenvalue weighted by Crippen LogP contribution is 2.30. The van der Waals surface area contributed by atoms with Gasteiger partial charge >= 0.3 is 0 Å². The van der Waals surface area contributed by atoms with Crippen LogP contribution in [0.3, 0.4) is 0 Å². The van der Waals surface area contributed by atoms with E-state index >= 15 is 0 Å². The van der Waals surface area contributed by atoms with E-state index in [2.05, 4.69) is 10.6 Å². The molecule has 8 rings (SSSR count). The molecular weight excluding hydrogens is 793 g/mol. The molecule has 324 valence electrons. The maximum atomic E-state index is 13.2. The van der Waals surface area contributed by atoms with Crippen LogP contribution in [0.4, 0.5) is 0 Å². The van der Waals surface area contributed by atoms with Gasteiger partial charge in [-0.15, -0.1) is 0 Å². The third kappa shape index (κ3) is 10.4. The molecule has 4 aromatic rings. The van der Waals surface area contributed by atoms with Crippen LogP contribution in [0.2, 0.25) is 0 Å². The summed E-state index contributed by atoms with van der Waals surface area (Å²) >= 11 is 0. The average molecular weight is 845 g/mol. The summed E-state index contributed by atoms with van der Waals surface area (Å²) in [7, 11) is 0. The third-order valence-corrected chi connectivity index (χ3v) is 11.3. The van der Waals surface area contributed by atoms with Crippen molar-refractivity contribution in [3.63, 3.8) is 0 Å². The van der Waals surface area contributed by atoms with Gasteiger partial charge in [0.15, 0.2) is 11.6 Å².